The molecule has 7 nitrogen and oxygen atoms in total. The minimum atomic E-state index is -0.333. The zero-order valence-electron chi connectivity index (χ0n) is 16.0. The van der Waals surface area contributed by atoms with E-state index in [2.05, 4.69) is 32.7 Å². The van der Waals surface area contributed by atoms with Crippen LogP contribution in [-0.2, 0) is 0 Å². The molecular formula is C19H27N5O2S. The molecule has 1 aliphatic heterocycles. The van der Waals surface area contributed by atoms with Gasteiger partial charge in [-0.25, -0.2) is 4.79 Å². The van der Waals surface area contributed by atoms with Gasteiger partial charge in [-0.3, -0.25) is 0 Å². The van der Waals surface area contributed by atoms with Gasteiger partial charge in [0.2, 0.25) is 0 Å². The van der Waals surface area contributed by atoms with Gasteiger partial charge in [0.1, 0.15) is 12.4 Å². The summed E-state index contributed by atoms with van der Waals surface area (Å²) in [6.45, 7) is 5.89. The number of rotatable bonds is 8. The van der Waals surface area contributed by atoms with Crippen LogP contribution in [-0.4, -0.2) is 46.1 Å². The number of fused-ring (bicyclic) bond motifs is 1. The van der Waals surface area contributed by atoms with E-state index in [1.54, 1.807) is 17.8 Å². The van der Waals surface area contributed by atoms with Crippen LogP contribution in [0.3, 0.4) is 0 Å². The smallest absolute Gasteiger partial charge is 0.323 e. The van der Waals surface area contributed by atoms with Crippen LogP contribution in [0.15, 0.2) is 53.9 Å². The maximum Gasteiger partial charge on any atom is 0.323 e. The molecule has 0 aromatic heterocycles. The van der Waals surface area contributed by atoms with E-state index in [0.29, 0.717) is 24.5 Å². The number of amides is 2. The fraction of sp³-hybridized carbons (Fsp3) is 0.316. The standard InChI is InChI=1S/C19H27N5O2S/c1-14(7-10-27-4)22-19(25)23-15-5-6-18-17(11-15)24(8-9-26-18)13-16(21-3)12-20-2/h5-7,10-12,20-21H,1,8-9,13H2,2-4H3,(H2,22,23,25)/b10-7-,16-12-. The lowest BCUT2D eigenvalue weighted by molar-refractivity contribution is 0.254. The Labute approximate surface area is 164 Å². The van der Waals surface area contributed by atoms with Gasteiger partial charge in [0, 0.05) is 37.4 Å². The number of hydrogen-bond donors (Lipinski definition) is 4. The molecule has 1 aliphatic rings. The van der Waals surface area contributed by atoms with Crippen LogP contribution in [0.25, 0.3) is 0 Å². The lowest BCUT2D eigenvalue weighted by Gasteiger charge is -2.32. The predicted octanol–water partition coefficient (Wildman–Crippen LogP) is 2.68. The molecule has 0 aliphatic carbocycles. The molecule has 1 aromatic carbocycles. The van der Waals surface area contributed by atoms with Crippen molar-refractivity contribution >= 4 is 29.2 Å². The number of allylic oxidation sites excluding steroid dienone is 1. The molecule has 0 atom stereocenters. The third kappa shape index (κ3) is 6.18. The summed E-state index contributed by atoms with van der Waals surface area (Å²) >= 11 is 1.54. The van der Waals surface area contributed by atoms with Crippen LogP contribution in [0.2, 0.25) is 0 Å². The van der Waals surface area contributed by atoms with E-state index in [0.717, 1.165) is 23.7 Å². The first-order valence-corrected chi connectivity index (χ1v) is 9.88. The van der Waals surface area contributed by atoms with Crippen LogP contribution in [0.4, 0.5) is 16.2 Å². The average molecular weight is 390 g/mol. The number of anilines is 2. The van der Waals surface area contributed by atoms with Gasteiger partial charge < -0.3 is 30.9 Å². The molecule has 0 bridgehead atoms. The summed E-state index contributed by atoms with van der Waals surface area (Å²) in [4.78, 5) is 14.4. The van der Waals surface area contributed by atoms with E-state index in [4.69, 9.17) is 4.74 Å². The number of nitrogens with zero attached hydrogens (tertiary/aromatic N) is 1. The SMILES string of the molecule is C=C(/C=C\SC)NC(=O)Nc1ccc2c(c1)N(C/C(=C/NC)NC)CCO2. The first-order valence-electron chi connectivity index (χ1n) is 8.59. The minimum Gasteiger partial charge on any atom is -0.490 e. The Morgan fingerprint density at radius 2 is 2.22 bits per heavy atom. The van der Waals surface area contributed by atoms with Crippen molar-refractivity contribution in [2.45, 2.75) is 0 Å². The first kappa shape index (κ1) is 20.6. The van der Waals surface area contributed by atoms with Crippen molar-refractivity contribution in [3.63, 3.8) is 0 Å². The maximum atomic E-state index is 12.1. The van der Waals surface area contributed by atoms with E-state index in [1.807, 2.05) is 50.2 Å². The molecule has 146 valence electrons. The minimum absolute atomic E-state index is 0.333. The number of hydrogen-bond acceptors (Lipinski definition) is 6. The number of thioether (sulfide) groups is 1. The van der Waals surface area contributed by atoms with Gasteiger partial charge in [-0.05, 0) is 35.9 Å². The van der Waals surface area contributed by atoms with Crippen molar-refractivity contribution in [1.29, 1.82) is 0 Å². The normalized spacial score (nSPS) is 13.6. The van der Waals surface area contributed by atoms with Gasteiger partial charge in [-0.1, -0.05) is 6.58 Å². The number of ether oxygens (including phenoxy) is 1. The zero-order valence-corrected chi connectivity index (χ0v) is 16.8. The average Bonchev–Trinajstić information content (AvgIpc) is 2.66. The van der Waals surface area contributed by atoms with Crippen LogP contribution < -0.4 is 30.9 Å². The summed E-state index contributed by atoms with van der Waals surface area (Å²) in [5.41, 5.74) is 3.21. The molecule has 2 rings (SSSR count). The van der Waals surface area contributed by atoms with Gasteiger partial charge >= 0.3 is 6.03 Å². The van der Waals surface area contributed by atoms with Crippen LogP contribution >= 0.6 is 11.8 Å². The van der Waals surface area contributed by atoms with Gasteiger partial charge in [-0.2, -0.15) is 0 Å². The summed E-state index contributed by atoms with van der Waals surface area (Å²) in [6, 6.07) is 5.28. The zero-order chi connectivity index (χ0) is 19.6. The molecule has 1 heterocycles. The number of likely N-dealkylation sites (N-methyl/N-ethyl adjacent to an activating group) is 1. The van der Waals surface area contributed by atoms with E-state index < -0.39 is 0 Å². The molecule has 0 saturated heterocycles. The van der Waals surface area contributed by atoms with Crippen LogP contribution in [0.5, 0.6) is 5.75 Å². The number of carbonyl (C=O) groups is 1. The highest BCUT2D eigenvalue weighted by Crippen LogP contribution is 2.34. The molecule has 0 unspecified atom stereocenters. The first-order chi connectivity index (χ1) is 13.1. The third-order valence-electron chi connectivity index (χ3n) is 3.86. The molecule has 0 fully saturated rings. The van der Waals surface area contributed by atoms with Crippen LogP contribution in [0, 0.1) is 0 Å². The lowest BCUT2D eigenvalue weighted by Crippen LogP contribution is -2.36. The monoisotopic (exact) mass is 389 g/mol. The van der Waals surface area contributed by atoms with E-state index in [9.17, 15) is 4.79 Å². The Kier molecular flexibility index (Phi) is 7.94. The summed E-state index contributed by atoms with van der Waals surface area (Å²) in [6.07, 6.45) is 5.62. The highest BCUT2D eigenvalue weighted by molar-refractivity contribution is 8.01. The molecular weight excluding hydrogens is 362 g/mol. The fourth-order valence-electron chi connectivity index (χ4n) is 2.59. The second-order valence-corrected chi connectivity index (χ2v) is 6.55. The maximum absolute atomic E-state index is 12.1. The van der Waals surface area contributed by atoms with Crippen molar-refractivity contribution < 1.29 is 9.53 Å². The third-order valence-corrected chi connectivity index (χ3v) is 4.26. The fourth-order valence-corrected chi connectivity index (χ4v) is 2.89. The highest BCUT2D eigenvalue weighted by atomic mass is 32.2. The van der Waals surface area contributed by atoms with Crippen molar-refractivity contribution in [2.75, 3.05) is 50.3 Å². The molecule has 27 heavy (non-hydrogen) atoms. The van der Waals surface area contributed by atoms with Crippen molar-refractivity contribution in [3.05, 3.63) is 53.9 Å². The topological polar surface area (TPSA) is 77.7 Å². The largest absolute Gasteiger partial charge is 0.490 e. The van der Waals surface area contributed by atoms with Gasteiger partial charge in [0.25, 0.3) is 0 Å². The number of benzene rings is 1. The molecule has 2 amide bonds. The van der Waals surface area contributed by atoms with Crippen molar-refractivity contribution in [1.82, 2.24) is 16.0 Å². The second kappa shape index (κ2) is 10.4. The Hall–Kier alpha value is -2.74. The van der Waals surface area contributed by atoms with E-state index in [-0.39, 0.29) is 6.03 Å². The summed E-state index contributed by atoms with van der Waals surface area (Å²) in [7, 11) is 3.76. The quantitative estimate of drug-likeness (QED) is 0.512. The molecule has 0 radical (unpaired) electrons. The van der Waals surface area contributed by atoms with Gasteiger partial charge in [0.15, 0.2) is 0 Å². The Morgan fingerprint density at radius 3 is 2.93 bits per heavy atom. The molecule has 1 aromatic rings. The van der Waals surface area contributed by atoms with E-state index >= 15 is 0 Å². The summed E-state index contributed by atoms with van der Waals surface area (Å²) in [5, 5.41) is 13.6. The van der Waals surface area contributed by atoms with Gasteiger partial charge in [0.05, 0.1) is 18.8 Å². The predicted molar refractivity (Wildman–Crippen MR) is 114 cm³/mol. The van der Waals surface area contributed by atoms with Crippen LogP contribution in [0.1, 0.15) is 0 Å². The summed E-state index contributed by atoms with van der Waals surface area (Å²) in [5.74, 6) is 0.805. The molecule has 4 N–H and O–H groups in total. The second-order valence-electron chi connectivity index (χ2n) is 5.80. The number of urea groups is 1. The molecule has 0 spiro atoms. The Morgan fingerprint density at radius 1 is 1.41 bits per heavy atom. The lowest BCUT2D eigenvalue weighted by atomic mass is 10.2. The molecule has 0 saturated carbocycles. The highest BCUT2D eigenvalue weighted by Gasteiger charge is 2.19. The van der Waals surface area contributed by atoms with Crippen molar-refractivity contribution in [2.24, 2.45) is 0 Å². The Balaban J connectivity index is 2.10. The summed E-state index contributed by atoms with van der Waals surface area (Å²) < 4.78 is 5.75. The Bertz CT molecular complexity index is 733. The number of nitrogens with one attached hydrogen (secondary N) is 4. The number of carbonyl (C=O) groups excluding carboxylic acids is 1. The molecule has 8 heteroatoms. The van der Waals surface area contributed by atoms with E-state index in [1.165, 1.54) is 0 Å². The van der Waals surface area contributed by atoms with Gasteiger partial charge in [-0.15, -0.1) is 11.8 Å². The van der Waals surface area contributed by atoms with Crippen molar-refractivity contribution in [3.8, 4) is 5.75 Å².